The van der Waals surface area contributed by atoms with E-state index in [1.54, 1.807) is 29.7 Å². The topological polar surface area (TPSA) is 65.1 Å². The summed E-state index contributed by atoms with van der Waals surface area (Å²) in [5, 5.41) is -0.130. The molecular formula is C18H23NO5S. The van der Waals surface area contributed by atoms with Gasteiger partial charge in [0.1, 0.15) is 25.0 Å². The van der Waals surface area contributed by atoms with Crippen molar-refractivity contribution in [2.75, 3.05) is 32.1 Å². The summed E-state index contributed by atoms with van der Waals surface area (Å²) >= 11 is 1.63. The van der Waals surface area contributed by atoms with E-state index in [4.69, 9.17) is 14.2 Å². The minimum Gasteiger partial charge on any atom is -0.487 e. The van der Waals surface area contributed by atoms with Gasteiger partial charge in [0.25, 0.3) is 0 Å². The first-order valence-corrected chi connectivity index (χ1v) is 9.22. The molecule has 7 heteroatoms. The van der Waals surface area contributed by atoms with E-state index >= 15 is 0 Å². The van der Waals surface area contributed by atoms with Crippen LogP contribution in [-0.2, 0) is 14.3 Å². The number of nitrogens with zero attached hydrogens (tertiary/aromatic N) is 1. The lowest BCUT2D eigenvalue weighted by atomic mass is 10.3. The Labute approximate surface area is 152 Å². The molecule has 1 aliphatic rings. The van der Waals surface area contributed by atoms with Crippen LogP contribution in [0.3, 0.4) is 0 Å². The first kappa shape index (κ1) is 19.2. The van der Waals surface area contributed by atoms with Crippen LogP contribution in [0.4, 0.5) is 0 Å². The summed E-state index contributed by atoms with van der Waals surface area (Å²) in [7, 11) is 0. The van der Waals surface area contributed by atoms with Gasteiger partial charge in [-0.15, -0.1) is 11.8 Å². The van der Waals surface area contributed by atoms with Gasteiger partial charge in [-0.3, -0.25) is 9.59 Å². The molecule has 6 nitrogen and oxygen atoms in total. The number of hydrogen-bond acceptors (Lipinski definition) is 6. The number of amides is 1. The van der Waals surface area contributed by atoms with E-state index in [1.807, 2.05) is 24.3 Å². The van der Waals surface area contributed by atoms with Crippen molar-refractivity contribution in [2.24, 2.45) is 0 Å². The zero-order valence-electron chi connectivity index (χ0n) is 14.3. The molecule has 1 atom stereocenters. The maximum absolute atomic E-state index is 12.3. The molecule has 25 heavy (non-hydrogen) atoms. The standard InChI is InChI=1S/C18H23NO5S/c1-3-10-23-14-7-5-6-8-15(14)24-13-17-19(9-11-25-17)16(20)12-18(21)22-4-2/h3,5-8,17H,1,4,9-13H2,2H3/t17-/m1/s1. The summed E-state index contributed by atoms with van der Waals surface area (Å²) in [5.74, 6) is 1.35. The van der Waals surface area contributed by atoms with Crippen LogP contribution in [-0.4, -0.2) is 54.3 Å². The van der Waals surface area contributed by atoms with E-state index < -0.39 is 5.97 Å². The fourth-order valence-corrected chi connectivity index (χ4v) is 3.52. The SMILES string of the molecule is C=CCOc1ccccc1OC[C@H]1SCCN1C(=O)CC(=O)OCC. The van der Waals surface area contributed by atoms with Gasteiger partial charge < -0.3 is 19.1 Å². The molecule has 0 aromatic heterocycles. The second-order valence-corrected chi connectivity index (χ2v) is 6.54. The van der Waals surface area contributed by atoms with Gasteiger partial charge in [0.05, 0.1) is 6.61 Å². The first-order chi connectivity index (χ1) is 12.2. The molecular weight excluding hydrogens is 342 g/mol. The molecule has 1 saturated heterocycles. The number of thioether (sulfide) groups is 1. The smallest absolute Gasteiger partial charge is 0.315 e. The number of rotatable bonds is 9. The number of benzene rings is 1. The number of para-hydroxylation sites is 2. The minimum absolute atomic E-state index is 0.130. The second kappa shape index (κ2) is 9.98. The average Bonchev–Trinajstić information content (AvgIpc) is 3.07. The van der Waals surface area contributed by atoms with Crippen molar-refractivity contribution in [3.05, 3.63) is 36.9 Å². The molecule has 1 amide bonds. The lowest BCUT2D eigenvalue weighted by Gasteiger charge is -2.24. The molecule has 0 saturated carbocycles. The highest BCUT2D eigenvalue weighted by atomic mass is 32.2. The number of carbonyl (C=O) groups excluding carboxylic acids is 2. The van der Waals surface area contributed by atoms with Crippen LogP contribution in [0.15, 0.2) is 36.9 Å². The zero-order chi connectivity index (χ0) is 18.1. The van der Waals surface area contributed by atoms with Gasteiger partial charge in [0.2, 0.25) is 5.91 Å². The maximum atomic E-state index is 12.3. The molecule has 0 radical (unpaired) electrons. The Balaban J connectivity index is 1.92. The van der Waals surface area contributed by atoms with Crippen LogP contribution < -0.4 is 9.47 Å². The highest BCUT2D eigenvalue weighted by molar-refractivity contribution is 8.00. The van der Waals surface area contributed by atoms with Crippen molar-refractivity contribution in [1.82, 2.24) is 4.90 Å². The van der Waals surface area contributed by atoms with Gasteiger partial charge in [-0.1, -0.05) is 24.8 Å². The first-order valence-electron chi connectivity index (χ1n) is 8.18. The molecule has 1 aromatic carbocycles. The fourth-order valence-electron chi connectivity index (χ4n) is 2.38. The number of esters is 1. The lowest BCUT2D eigenvalue weighted by molar-refractivity contribution is -0.148. The third-order valence-corrected chi connectivity index (χ3v) is 4.69. The molecule has 1 aromatic rings. The molecule has 1 fully saturated rings. The second-order valence-electron chi connectivity index (χ2n) is 5.25. The van der Waals surface area contributed by atoms with Crippen molar-refractivity contribution >= 4 is 23.6 Å². The quantitative estimate of drug-likeness (QED) is 0.381. The molecule has 0 aliphatic carbocycles. The normalized spacial score (nSPS) is 16.4. The van der Waals surface area contributed by atoms with E-state index in [1.165, 1.54) is 0 Å². The Morgan fingerprint density at radius 2 is 2.04 bits per heavy atom. The lowest BCUT2D eigenvalue weighted by Crippen LogP contribution is -2.39. The van der Waals surface area contributed by atoms with Gasteiger partial charge >= 0.3 is 5.97 Å². The van der Waals surface area contributed by atoms with Gasteiger partial charge in [0.15, 0.2) is 11.5 Å². The van der Waals surface area contributed by atoms with Gasteiger partial charge in [-0.25, -0.2) is 0 Å². The Kier molecular flexibility index (Phi) is 7.66. The van der Waals surface area contributed by atoms with Gasteiger partial charge in [-0.2, -0.15) is 0 Å². The van der Waals surface area contributed by atoms with E-state index in [-0.39, 0.29) is 24.3 Å². The van der Waals surface area contributed by atoms with Crippen molar-refractivity contribution in [1.29, 1.82) is 0 Å². The van der Waals surface area contributed by atoms with Crippen molar-refractivity contribution in [3.63, 3.8) is 0 Å². The molecule has 0 N–H and O–H groups in total. The van der Waals surface area contributed by atoms with E-state index in [2.05, 4.69) is 6.58 Å². The summed E-state index contributed by atoms with van der Waals surface area (Å²) in [6, 6.07) is 7.37. The number of ether oxygens (including phenoxy) is 3. The predicted molar refractivity (Wildman–Crippen MR) is 96.8 cm³/mol. The monoisotopic (exact) mass is 365 g/mol. The van der Waals surface area contributed by atoms with Crippen molar-refractivity contribution < 1.29 is 23.8 Å². The van der Waals surface area contributed by atoms with Gasteiger partial charge in [0, 0.05) is 12.3 Å². The highest BCUT2D eigenvalue weighted by Gasteiger charge is 2.31. The van der Waals surface area contributed by atoms with E-state index in [0.717, 1.165) is 5.75 Å². The molecule has 136 valence electrons. The molecule has 0 spiro atoms. The van der Waals surface area contributed by atoms with Gasteiger partial charge in [-0.05, 0) is 19.1 Å². The summed E-state index contributed by atoms with van der Waals surface area (Å²) in [5.41, 5.74) is 0. The summed E-state index contributed by atoms with van der Waals surface area (Å²) < 4.78 is 16.3. The van der Waals surface area contributed by atoms with E-state index in [0.29, 0.717) is 31.3 Å². The summed E-state index contributed by atoms with van der Waals surface area (Å²) in [6.07, 6.45) is 1.43. The van der Waals surface area contributed by atoms with Crippen molar-refractivity contribution in [3.8, 4) is 11.5 Å². The summed E-state index contributed by atoms with van der Waals surface area (Å²) in [6.45, 7) is 6.94. The van der Waals surface area contributed by atoms with Crippen LogP contribution in [0.25, 0.3) is 0 Å². The Morgan fingerprint density at radius 3 is 2.72 bits per heavy atom. The Hall–Kier alpha value is -2.15. The third kappa shape index (κ3) is 5.70. The summed E-state index contributed by atoms with van der Waals surface area (Å²) in [4.78, 5) is 25.5. The molecule has 1 heterocycles. The fraction of sp³-hybridized carbons (Fsp3) is 0.444. The maximum Gasteiger partial charge on any atom is 0.315 e. The number of carbonyl (C=O) groups is 2. The Morgan fingerprint density at radius 1 is 1.32 bits per heavy atom. The van der Waals surface area contributed by atoms with Crippen LogP contribution >= 0.6 is 11.8 Å². The minimum atomic E-state index is -0.493. The highest BCUT2D eigenvalue weighted by Crippen LogP contribution is 2.30. The van der Waals surface area contributed by atoms with Crippen LogP contribution in [0, 0.1) is 0 Å². The number of hydrogen-bond donors (Lipinski definition) is 0. The van der Waals surface area contributed by atoms with E-state index in [9.17, 15) is 9.59 Å². The molecule has 0 bridgehead atoms. The zero-order valence-corrected chi connectivity index (χ0v) is 15.1. The Bertz CT molecular complexity index is 607. The third-order valence-electron chi connectivity index (χ3n) is 3.50. The molecule has 0 unspecified atom stereocenters. The largest absolute Gasteiger partial charge is 0.487 e. The average molecular weight is 365 g/mol. The van der Waals surface area contributed by atoms with Crippen LogP contribution in [0.2, 0.25) is 0 Å². The predicted octanol–water partition coefficient (Wildman–Crippen LogP) is 2.48. The molecule has 2 rings (SSSR count). The van der Waals surface area contributed by atoms with Crippen LogP contribution in [0.1, 0.15) is 13.3 Å². The van der Waals surface area contributed by atoms with Crippen molar-refractivity contribution in [2.45, 2.75) is 18.7 Å². The van der Waals surface area contributed by atoms with Crippen LogP contribution in [0.5, 0.6) is 11.5 Å². The molecule has 1 aliphatic heterocycles.